The monoisotopic (exact) mass is 696 g/mol. The normalized spacial score (nSPS) is 36.4. The Labute approximate surface area is 263 Å². The van der Waals surface area contributed by atoms with E-state index >= 15 is 0 Å². The number of hydrogen-bond donors (Lipinski definition) is 5. The molecule has 7 rings (SSSR count). The zero-order chi connectivity index (χ0) is 33.1. The fourth-order valence-electron chi connectivity index (χ4n) is 5.52. The fourth-order valence-corrected chi connectivity index (χ4v) is 7.42. The number of aliphatic hydroxyl groups excluding tert-OH is 1. The molecule has 24 heteroatoms. The van der Waals surface area contributed by atoms with E-state index in [0.717, 1.165) is 6.33 Å². The Morgan fingerprint density at radius 3 is 1.98 bits per heavy atom. The van der Waals surface area contributed by atoms with Crippen molar-refractivity contribution in [3.8, 4) is 12.3 Å². The van der Waals surface area contributed by atoms with Crippen LogP contribution in [-0.2, 0) is 41.4 Å². The average Bonchev–Trinajstić information content (AvgIpc) is 3.79. The molecule has 4 aromatic heterocycles. The zero-order valence-electron chi connectivity index (χ0n) is 23.8. The van der Waals surface area contributed by atoms with Crippen LogP contribution in [0.25, 0.3) is 22.3 Å². The lowest BCUT2D eigenvalue weighted by atomic mass is 10.1. The molecule has 22 nitrogen and oxygen atoms in total. The molecule has 3 aliphatic rings. The zero-order valence-corrected chi connectivity index (χ0v) is 25.6. The first-order valence-electron chi connectivity index (χ1n) is 13.7. The number of terminal acetylenes is 1. The number of hydrogen-bond acceptors (Lipinski definition) is 18. The van der Waals surface area contributed by atoms with Gasteiger partial charge in [0.25, 0.3) is 0 Å². The van der Waals surface area contributed by atoms with Gasteiger partial charge >= 0.3 is 15.6 Å². The van der Waals surface area contributed by atoms with Crippen molar-refractivity contribution >= 4 is 49.6 Å². The average molecular weight is 696 g/mol. The molecule has 4 aromatic rings. The van der Waals surface area contributed by atoms with Crippen LogP contribution in [0.2, 0.25) is 0 Å². The molecule has 0 aliphatic carbocycles. The van der Waals surface area contributed by atoms with Crippen molar-refractivity contribution in [1.29, 1.82) is 0 Å². The minimum absolute atomic E-state index is 0.0369. The standard InChI is InChI=1S/C23H26N10O12P2/c1-2-3-39-17-15-11(43-23(17)33-9-31-13-19(25)27-7-29-21(13)33)5-41-47(37,38)45-16-14(34)10(4-40-46(35,36)44-15)42-22(16)32-8-30-12-18(24)26-6-28-20(12)32/h1,6-11,14-17,22-23,34H,3-5H2,(H,35,36)(H,37,38)(H2,24,26,28)(H2,25,27,29)/t10-,11-,14-,15-,16-,17-,22-,23-/m1/s1. The van der Waals surface area contributed by atoms with E-state index in [0.29, 0.717) is 0 Å². The molecule has 10 atom stereocenters. The molecule has 0 spiro atoms. The lowest BCUT2D eigenvalue weighted by molar-refractivity contribution is -0.0682. The number of aliphatic hydroxyl groups is 1. The molecule has 3 saturated heterocycles. The topological polar surface area (TPSA) is 299 Å². The van der Waals surface area contributed by atoms with Crippen molar-refractivity contribution in [3.63, 3.8) is 0 Å². The Morgan fingerprint density at radius 2 is 1.38 bits per heavy atom. The molecule has 7 N–H and O–H groups in total. The summed E-state index contributed by atoms with van der Waals surface area (Å²) in [5.74, 6) is 2.40. The SMILES string of the molecule is C#CCO[C@@H]1[C@@H]2OP(=O)(O)OC[C@H]3O[C@@H](n4cnc5c(N)ncnc54)[C@H](OP(=O)(O)OC[C@H]2O[C@H]1n1cnc2c(N)ncnc21)[C@@H]3O. The smallest absolute Gasteiger partial charge is 0.387 e. The summed E-state index contributed by atoms with van der Waals surface area (Å²) in [6.45, 7) is -1.81. The Hall–Kier alpha value is -3.68. The Bertz CT molecular complexity index is 1950. The number of aromatic nitrogens is 8. The van der Waals surface area contributed by atoms with Crippen LogP contribution in [0.1, 0.15) is 12.5 Å². The predicted octanol–water partition coefficient (Wildman–Crippen LogP) is -0.977. The van der Waals surface area contributed by atoms with Crippen LogP contribution in [0.15, 0.2) is 25.3 Å². The van der Waals surface area contributed by atoms with Gasteiger partial charge in [-0.15, -0.1) is 6.42 Å². The predicted molar refractivity (Wildman–Crippen MR) is 153 cm³/mol. The number of phosphoric acid groups is 2. The van der Waals surface area contributed by atoms with Crippen LogP contribution in [0.5, 0.6) is 0 Å². The number of nitrogens with two attached hydrogens (primary N) is 2. The largest absolute Gasteiger partial charge is 0.472 e. The number of anilines is 2. The highest BCUT2D eigenvalue weighted by molar-refractivity contribution is 7.47. The molecule has 2 bridgehead atoms. The third-order valence-corrected chi connectivity index (χ3v) is 9.56. The van der Waals surface area contributed by atoms with Gasteiger partial charge in [-0.1, -0.05) is 5.92 Å². The molecule has 7 heterocycles. The minimum atomic E-state index is -5.06. The third kappa shape index (κ3) is 5.86. The second kappa shape index (κ2) is 12.1. The van der Waals surface area contributed by atoms with E-state index < -0.39 is 77.9 Å². The fraction of sp³-hybridized carbons (Fsp3) is 0.478. The Balaban J connectivity index is 1.22. The number of phosphoric ester groups is 2. The molecule has 0 saturated carbocycles. The summed E-state index contributed by atoms with van der Waals surface area (Å²) >= 11 is 0. The van der Waals surface area contributed by atoms with Crippen molar-refractivity contribution in [3.05, 3.63) is 25.3 Å². The van der Waals surface area contributed by atoms with E-state index in [2.05, 4.69) is 35.8 Å². The van der Waals surface area contributed by atoms with Crippen molar-refractivity contribution in [2.24, 2.45) is 0 Å². The molecule has 3 fully saturated rings. The Kier molecular flexibility index (Phi) is 8.20. The van der Waals surface area contributed by atoms with Gasteiger partial charge in [-0.2, -0.15) is 0 Å². The lowest BCUT2D eigenvalue weighted by Crippen LogP contribution is -2.38. The van der Waals surface area contributed by atoms with Crippen LogP contribution in [0.3, 0.4) is 0 Å². The molecule has 0 radical (unpaired) electrons. The van der Waals surface area contributed by atoms with Crippen molar-refractivity contribution in [1.82, 2.24) is 39.0 Å². The summed E-state index contributed by atoms with van der Waals surface area (Å²) in [6.07, 6.45) is -1.08. The van der Waals surface area contributed by atoms with Crippen molar-refractivity contribution in [2.45, 2.75) is 49.1 Å². The van der Waals surface area contributed by atoms with Crippen LogP contribution in [0.4, 0.5) is 11.6 Å². The Morgan fingerprint density at radius 1 is 0.851 bits per heavy atom. The number of rotatable bonds is 4. The number of fused-ring (bicyclic) bond motifs is 5. The summed E-state index contributed by atoms with van der Waals surface area (Å²) in [5.41, 5.74) is 12.5. The van der Waals surface area contributed by atoms with E-state index in [1.807, 2.05) is 0 Å². The summed E-state index contributed by atoms with van der Waals surface area (Å²) in [6, 6.07) is 0. The quantitative estimate of drug-likeness (QED) is 0.126. The molecular formula is C23H26N10O12P2. The highest BCUT2D eigenvalue weighted by Crippen LogP contribution is 2.54. The summed E-state index contributed by atoms with van der Waals surface area (Å²) < 4.78 is 68.6. The molecule has 0 aromatic carbocycles. The lowest BCUT2D eigenvalue weighted by Gasteiger charge is -2.27. The molecule has 47 heavy (non-hydrogen) atoms. The van der Waals surface area contributed by atoms with E-state index in [1.54, 1.807) is 0 Å². The number of nitrogen functional groups attached to an aromatic ring is 2. The molecule has 0 amide bonds. The maximum absolute atomic E-state index is 13.4. The van der Waals surface area contributed by atoms with E-state index in [9.17, 15) is 24.0 Å². The maximum Gasteiger partial charge on any atom is 0.472 e. The van der Waals surface area contributed by atoms with Gasteiger partial charge in [-0.25, -0.2) is 39.0 Å². The van der Waals surface area contributed by atoms with Crippen molar-refractivity contribution in [2.75, 3.05) is 31.3 Å². The van der Waals surface area contributed by atoms with E-state index in [-0.39, 0.29) is 40.6 Å². The van der Waals surface area contributed by atoms with Crippen LogP contribution in [-0.4, -0.2) is 110 Å². The third-order valence-electron chi connectivity index (χ3n) is 7.59. The first-order valence-corrected chi connectivity index (χ1v) is 16.7. The number of nitrogens with zero attached hydrogens (tertiary/aromatic N) is 8. The highest BCUT2D eigenvalue weighted by atomic mass is 31.2. The van der Waals surface area contributed by atoms with Gasteiger partial charge in [0, 0.05) is 0 Å². The molecule has 2 unspecified atom stereocenters. The van der Waals surface area contributed by atoms with Crippen molar-refractivity contribution < 1.29 is 56.3 Å². The minimum Gasteiger partial charge on any atom is -0.387 e. The molecule has 250 valence electrons. The second-order valence-electron chi connectivity index (χ2n) is 10.4. The first-order chi connectivity index (χ1) is 22.5. The maximum atomic E-state index is 13.4. The second-order valence-corrected chi connectivity index (χ2v) is 13.2. The molecule has 3 aliphatic heterocycles. The summed E-state index contributed by atoms with van der Waals surface area (Å²) in [5, 5.41) is 11.1. The first kappa shape index (κ1) is 31.9. The molecular weight excluding hydrogens is 670 g/mol. The van der Waals surface area contributed by atoms with E-state index in [4.69, 9.17) is 50.2 Å². The summed E-state index contributed by atoms with van der Waals surface area (Å²) in [4.78, 5) is 46.1. The van der Waals surface area contributed by atoms with Crippen LogP contribution in [0, 0.1) is 12.3 Å². The van der Waals surface area contributed by atoms with Gasteiger partial charge in [0.1, 0.15) is 66.9 Å². The number of ether oxygens (including phenoxy) is 3. The van der Waals surface area contributed by atoms with Gasteiger partial charge in [-0.05, 0) is 0 Å². The van der Waals surface area contributed by atoms with Crippen LogP contribution < -0.4 is 11.5 Å². The van der Waals surface area contributed by atoms with Gasteiger partial charge < -0.3 is 40.6 Å². The van der Waals surface area contributed by atoms with Crippen LogP contribution >= 0.6 is 15.6 Å². The number of imidazole rings is 2. The van der Waals surface area contributed by atoms with Gasteiger partial charge in [-0.3, -0.25) is 27.2 Å². The highest BCUT2D eigenvalue weighted by Gasteiger charge is 2.54. The summed E-state index contributed by atoms with van der Waals surface area (Å²) in [7, 11) is -10.1. The van der Waals surface area contributed by atoms with Gasteiger partial charge in [0.05, 0.1) is 25.9 Å². The van der Waals surface area contributed by atoms with Gasteiger partial charge in [0.2, 0.25) is 0 Å². The van der Waals surface area contributed by atoms with Gasteiger partial charge in [0.15, 0.2) is 35.4 Å². The van der Waals surface area contributed by atoms with E-state index in [1.165, 1.54) is 28.1 Å².